The summed E-state index contributed by atoms with van der Waals surface area (Å²) in [6.45, 7) is 0. The van der Waals surface area contributed by atoms with Crippen molar-refractivity contribution in [2.75, 3.05) is 0 Å². The van der Waals surface area contributed by atoms with Gasteiger partial charge in [-0.2, -0.15) is 0 Å². The molecule has 1 aromatic carbocycles. The maximum Gasteiger partial charge on any atom is 0.0438 e. The van der Waals surface area contributed by atoms with Crippen molar-refractivity contribution in [2.24, 2.45) is 5.73 Å². The number of hydrogen-bond acceptors (Lipinski definition) is 1. The summed E-state index contributed by atoms with van der Waals surface area (Å²) in [5, 5.41) is 0.847. The predicted octanol–water partition coefficient (Wildman–Crippen LogP) is 2.76. The van der Waals surface area contributed by atoms with Gasteiger partial charge in [0.15, 0.2) is 0 Å². The van der Waals surface area contributed by atoms with Crippen molar-refractivity contribution in [1.29, 1.82) is 0 Å². The zero-order chi connectivity index (χ0) is 9.31. The van der Waals surface area contributed by atoms with E-state index in [1.54, 1.807) is 0 Å². The van der Waals surface area contributed by atoms with Crippen molar-refractivity contribution < 1.29 is 0 Å². The third-order valence-corrected chi connectivity index (χ3v) is 3.22. The third kappa shape index (κ3) is 1.87. The molecule has 1 aromatic rings. The quantitative estimate of drug-likeness (QED) is 0.772. The Bertz CT molecular complexity index is 305. The first-order chi connectivity index (χ1) is 6.20. The van der Waals surface area contributed by atoms with Gasteiger partial charge in [-0.3, -0.25) is 0 Å². The highest BCUT2D eigenvalue weighted by atomic mass is 35.5. The van der Waals surface area contributed by atoms with E-state index in [-0.39, 0.29) is 5.54 Å². The highest BCUT2D eigenvalue weighted by Gasteiger charge is 2.32. The van der Waals surface area contributed by atoms with Crippen molar-refractivity contribution in [1.82, 2.24) is 0 Å². The Morgan fingerprint density at radius 1 is 1.31 bits per heavy atom. The van der Waals surface area contributed by atoms with Crippen LogP contribution in [0.4, 0.5) is 0 Å². The van der Waals surface area contributed by atoms with Crippen molar-refractivity contribution in [3.05, 3.63) is 34.9 Å². The normalized spacial score (nSPS) is 19.5. The second kappa shape index (κ2) is 3.32. The van der Waals surface area contributed by atoms with E-state index in [9.17, 15) is 0 Å². The number of benzene rings is 1. The van der Waals surface area contributed by atoms with Gasteiger partial charge < -0.3 is 5.73 Å². The minimum atomic E-state index is 0.0327. The molecule has 0 unspecified atom stereocenters. The van der Waals surface area contributed by atoms with Gasteiger partial charge in [-0.05, 0) is 37.3 Å². The van der Waals surface area contributed by atoms with Crippen LogP contribution in [-0.2, 0) is 6.42 Å². The molecule has 0 atom stereocenters. The average Bonchev–Trinajstić information content (AvgIpc) is 2.06. The van der Waals surface area contributed by atoms with Gasteiger partial charge in [-0.15, -0.1) is 0 Å². The lowest BCUT2D eigenvalue weighted by atomic mass is 9.74. The summed E-state index contributed by atoms with van der Waals surface area (Å²) >= 11 is 6.06. The molecule has 0 aliphatic heterocycles. The van der Waals surface area contributed by atoms with E-state index < -0.39 is 0 Å². The molecule has 70 valence electrons. The second-order valence-corrected chi connectivity index (χ2v) is 4.39. The van der Waals surface area contributed by atoms with E-state index in [4.69, 9.17) is 17.3 Å². The lowest BCUT2D eigenvalue weighted by molar-refractivity contribution is 0.247. The predicted molar refractivity (Wildman–Crippen MR) is 55.9 cm³/mol. The molecular weight excluding hydrogens is 182 g/mol. The Balaban J connectivity index is 2.13. The number of hydrogen-bond donors (Lipinski definition) is 1. The van der Waals surface area contributed by atoms with E-state index in [1.807, 2.05) is 18.2 Å². The first kappa shape index (κ1) is 9.04. The smallest absolute Gasteiger partial charge is 0.0438 e. The van der Waals surface area contributed by atoms with Gasteiger partial charge in [0.1, 0.15) is 0 Å². The first-order valence-corrected chi connectivity index (χ1v) is 5.10. The Morgan fingerprint density at radius 2 is 2.00 bits per heavy atom. The van der Waals surface area contributed by atoms with Gasteiger partial charge in [0.25, 0.3) is 0 Å². The number of rotatable bonds is 2. The van der Waals surface area contributed by atoms with Gasteiger partial charge in [0.2, 0.25) is 0 Å². The van der Waals surface area contributed by atoms with Gasteiger partial charge in [0.05, 0.1) is 0 Å². The summed E-state index contributed by atoms with van der Waals surface area (Å²) in [5.74, 6) is 0. The van der Waals surface area contributed by atoms with Gasteiger partial charge in [-0.25, -0.2) is 0 Å². The van der Waals surface area contributed by atoms with Crippen molar-refractivity contribution >= 4 is 11.6 Å². The maximum atomic E-state index is 6.15. The molecule has 0 aromatic heterocycles. The highest BCUT2D eigenvalue weighted by molar-refractivity contribution is 6.31. The molecule has 0 amide bonds. The molecule has 1 fully saturated rings. The van der Waals surface area contributed by atoms with Gasteiger partial charge in [0, 0.05) is 10.6 Å². The maximum absolute atomic E-state index is 6.15. The topological polar surface area (TPSA) is 26.0 Å². The molecule has 2 rings (SSSR count). The third-order valence-electron chi connectivity index (χ3n) is 2.85. The average molecular weight is 196 g/mol. The van der Waals surface area contributed by atoms with E-state index in [2.05, 4.69) is 6.07 Å². The Morgan fingerprint density at radius 3 is 2.54 bits per heavy atom. The number of nitrogens with two attached hydrogens (primary N) is 1. The fourth-order valence-corrected chi connectivity index (χ4v) is 2.03. The standard InChI is InChI=1S/C11H14ClN/c12-10-5-2-1-4-9(10)8-11(13)6-3-7-11/h1-2,4-5H,3,6-8,13H2. The van der Waals surface area contributed by atoms with Crippen LogP contribution < -0.4 is 5.73 Å². The van der Waals surface area contributed by atoms with Gasteiger partial charge >= 0.3 is 0 Å². The van der Waals surface area contributed by atoms with Crippen LogP contribution in [0.1, 0.15) is 24.8 Å². The fourth-order valence-electron chi connectivity index (χ4n) is 1.83. The van der Waals surface area contributed by atoms with Crippen LogP contribution >= 0.6 is 11.6 Å². The number of halogens is 1. The highest BCUT2D eigenvalue weighted by Crippen LogP contribution is 2.33. The zero-order valence-corrected chi connectivity index (χ0v) is 8.35. The molecule has 0 heterocycles. The van der Waals surface area contributed by atoms with Crippen LogP contribution in [0.25, 0.3) is 0 Å². The molecule has 0 saturated heterocycles. The molecule has 1 aliphatic rings. The molecule has 1 nitrogen and oxygen atoms in total. The minimum absolute atomic E-state index is 0.0327. The van der Waals surface area contributed by atoms with Crippen LogP contribution in [0.3, 0.4) is 0 Å². The summed E-state index contributed by atoms with van der Waals surface area (Å²) in [6.07, 6.45) is 4.46. The second-order valence-electron chi connectivity index (χ2n) is 3.98. The summed E-state index contributed by atoms with van der Waals surface area (Å²) in [6, 6.07) is 7.97. The molecule has 1 aliphatic carbocycles. The fraction of sp³-hybridized carbons (Fsp3) is 0.455. The summed E-state index contributed by atoms with van der Waals surface area (Å²) < 4.78 is 0. The van der Waals surface area contributed by atoms with Crippen LogP contribution in [0, 0.1) is 0 Å². The molecule has 13 heavy (non-hydrogen) atoms. The zero-order valence-electron chi connectivity index (χ0n) is 7.59. The van der Waals surface area contributed by atoms with E-state index in [0.29, 0.717) is 0 Å². The van der Waals surface area contributed by atoms with Crippen LogP contribution in [0.5, 0.6) is 0 Å². The van der Waals surface area contributed by atoms with Crippen molar-refractivity contribution in [3.8, 4) is 0 Å². The molecule has 0 radical (unpaired) electrons. The molecule has 0 bridgehead atoms. The molecular formula is C11H14ClN. The van der Waals surface area contributed by atoms with E-state index in [1.165, 1.54) is 12.0 Å². The Labute approximate surface area is 83.9 Å². The van der Waals surface area contributed by atoms with E-state index >= 15 is 0 Å². The van der Waals surface area contributed by atoms with Crippen LogP contribution in [-0.4, -0.2) is 5.54 Å². The summed E-state index contributed by atoms with van der Waals surface area (Å²) in [7, 11) is 0. The molecule has 2 heteroatoms. The van der Waals surface area contributed by atoms with Gasteiger partial charge in [-0.1, -0.05) is 29.8 Å². The molecule has 0 spiro atoms. The Hall–Kier alpha value is -0.530. The van der Waals surface area contributed by atoms with Crippen LogP contribution in [0.2, 0.25) is 5.02 Å². The Kier molecular flexibility index (Phi) is 2.31. The van der Waals surface area contributed by atoms with E-state index in [0.717, 1.165) is 24.3 Å². The van der Waals surface area contributed by atoms with Crippen molar-refractivity contribution in [3.63, 3.8) is 0 Å². The van der Waals surface area contributed by atoms with Crippen LogP contribution in [0.15, 0.2) is 24.3 Å². The largest absolute Gasteiger partial charge is 0.325 e. The monoisotopic (exact) mass is 195 g/mol. The molecule has 2 N–H and O–H groups in total. The summed E-state index contributed by atoms with van der Waals surface area (Å²) in [5.41, 5.74) is 7.36. The first-order valence-electron chi connectivity index (χ1n) is 4.72. The minimum Gasteiger partial charge on any atom is -0.325 e. The lowest BCUT2D eigenvalue weighted by Crippen LogP contribution is -2.48. The summed E-state index contributed by atoms with van der Waals surface area (Å²) in [4.78, 5) is 0. The lowest BCUT2D eigenvalue weighted by Gasteiger charge is -2.38. The SMILES string of the molecule is NC1(Cc2ccccc2Cl)CCC1. The van der Waals surface area contributed by atoms with Crippen molar-refractivity contribution in [2.45, 2.75) is 31.2 Å². The molecule has 1 saturated carbocycles.